The first kappa shape index (κ1) is 27.5. The summed E-state index contributed by atoms with van der Waals surface area (Å²) in [5.41, 5.74) is 7.29. The van der Waals surface area contributed by atoms with E-state index < -0.39 is 5.92 Å². The summed E-state index contributed by atoms with van der Waals surface area (Å²) in [5, 5.41) is 42.1. The van der Waals surface area contributed by atoms with E-state index in [1.807, 2.05) is 48.5 Å². The number of hydrogen-bond acceptors (Lipinski definition) is 4. The van der Waals surface area contributed by atoms with Crippen molar-refractivity contribution in [3.05, 3.63) is 131 Å². The maximum Gasteiger partial charge on any atom is 0.119 e. The summed E-state index contributed by atoms with van der Waals surface area (Å²) >= 11 is 0. The quantitative estimate of drug-likeness (QED) is 0.157. The third-order valence-corrected chi connectivity index (χ3v) is 8.84. The number of rotatable bonds is 6. The predicted octanol–water partition coefficient (Wildman–Crippen LogP) is 9.32. The van der Waals surface area contributed by atoms with Gasteiger partial charge in [0, 0.05) is 17.0 Å². The predicted molar refractivity (Wildman–Crippen MR) is 168 cm³/mol. The molecule has 5 aromatic carbocycles. The molecular weight excluding hydrogens is 520 g/mol. The molecular formula is C38H36O4. The monoisotopic (exact) mass is 556 g/mol. The fourth-order valence-corrected chi connectivity index (χ4v) is 6.32. The van der Waals surface area contributed by atoms with Crippen LogP contribution < -0.4 is 0 Å². The highest BCUT2D eigenvalue weighted by Crippen LogP contribution is 2.44. The molecule has 0 radical (unpaired) electrons. The zero-order valence-corrected chi connectivity index (χ0v) is 23.7. The molecule has 6 rings (SSSR count). The molecule has 0 unspecified atom stereocenters. The zero-order chi connectivity index (χ0) is 29.2. The average Bonchev–Trinajstić information content (AvgIpc) is 3.01. The van der Waals surface area contributed by atoms with Crippen molar-refractivity contribution >= 4 is 0 Å². The van der Waals surface area contributed by atoms with E-state index >= 15 is 0 Å². The molecule has 42 heavy (non-hydrogen) atoms. The van der Waals surface area contributed by atoms with E-state index in [0.29, 0.717) is 17.0 Å². The van der Waals surface area contributed by atoms with Gasteiger partial charge >= 0.3 is 0 Å². The second kappa shape index (κ2) is 11.7. The maximum atomic E-state index is 11.3. The van der Waals surface area contributed by atoms with E-state index in [1.54, 1.807) is 36.4 Å². The molecule has 0 aliphatic heterocycles. The molecule has 1 aliphatic carbocycles. The van der Waals surface area contributed by atoms with Crippen LogP contribution in [0.25, 0.3) is 22.3 Å². The van der Waals surface area contributed by atoms with E-state index in [0.717, 1.165) is 33.7 Å². The van der Waals surface area contributed by atoms with Crippen molar-refractivity contribution in [3.8, 4) is 45.3 Å². The van der Waals surface area contributed by atoms with Gasteiger partial charge in [0.05, 0.1) is 0 Å². The highest BCUT2D eigenvalue weighted by molar-refractivity contribution is 5.71. The van der Waals surface area contributed by atoms with Crippen LogP contribution in [0.3, 0.4) is 0 Å². The Kier molecular flexibility index (Phi) is 7.62. The molecule has 1 saturated carbocycles. The Hall–Kier alpha value is -4.70. The lowest BCUT2D eigenvalue weighted by Gasteiger charge is -2.27. The Morgan fingerprint density at radius 1 is 0.500 bits per heavy atom. The van der Waals surface area contributed by atoms with Gasteiger partial charge in [-0.15, -0.1) is 0 Å². The molecule has 1 aliphatic rings. The topological polar surface area (TPSA) is 80.9 Å². The minimum Gasteiger partial charge on any atom is -0.508 e. The maximum absolute atomic E-state index is 11.3. The molecule has 0 heterocycles. The lowest BCUT2D eigenvalue weighted by molar-refractivity contribution is 0.348. The summed E-state index contributed by atoms with van der Waals surface area (Å²) in [6.07, 6.45) is 4.92. The Balaban J connectivity index is 1.47. The third kappa shape index (κ3) is 5.71. The number of aromatic hydroxyl groups is 4. The van der Waals surface area contributed by atoms with Crippen LogP contribution in [0, 0.1) is 5.92 Å². The van der Waals surface area contributed by atoms with Crippen molar-refractivity contribution in [2.24, 2.45) is 5.92 Å². The fraction of sp³-hybridized carbons (Fsp3) is 0.211. The summed E-state index contributed by atoms with van der Waals surface area (Å²) in [6, 6.07) is 33.8. The van der Waals surface area contributed by atoms with Crippen molar-refractivity contribution in [1.29, 1.82) is 0 Å². The Morgan fingerprint density at radius 2 is 0.929 bits per heavy atom. The largest absolute Gasteiger partial charge is 0.508 e. The molecule has 4 N–H and O–H groups in total. The van der Waals surface area contributed by atoms with E-state index in [-0.39, 0.29) is 23.0 Å². The van der Waals surface area contributed by atoms with E-state index in [9.17, 15) is 20.4 Å². The van der Waals surface area contributed by atoms with Crippen molar-refractivity contribution in [2.45, 2.75) is 44.4 Å². The van der Waals surface area contributed by atoms with Gasteiger partial charge < -0.3 is 20.4 Å². The summed E-state index contributed by atoms with van der Waals surface area (Å²) in [7, 11) is 0. The van der Waals surface area contributed by atoms with Gasteiger partial charge in [-0.3, -0.25) is 0 Å². The first-order chi connectivity index (χ1) is 20.4. The standard InChI is InChI=1S/C38H36O4/c1-24-2-4-25(5-3-24)26-6-8-29(9-7-26)38(34-22-30(14-20-36(34)41)27-10-16-32(39)17-11-27)35-23-31(15-21-37(35)42)28-12-18-33(40)19-13-28/h6-25,38-42H,2-5H2,1H3. The molecule has 0 amide bonds. The van der Waals surface area contributed by atoms with Gasteiger partial charge in [-0.25, -0.2) is 0 Å². The molecule has 0 bridgehead atoms. The van der Waals surface area contributed by atoms with Gasteiger partial charge in [0.1, 0.15) is 23.0 Å². The van der Waals surface area contributed by atoms with Crippen LogP contribution in [0.4, 0.5) is 0 Å². The number of phenolic OH excluding ortho intramolecular Hbond substituents is 4. The molecule has 0 spiro atoms. The van der Waals surface area contributed by atoms with Gasteiger partial charge in [-0.05, 0) is 107 Å². The first-order valence-corrected chi connectivity index (χ1v) is 14.7. The molecule has 0 saturated heterocycles. The molecule has 4 heteroatoms. The Morgan fingerprint density at radius 3 is 1.38 bits per heavy atom. The van der Waals surface area contributed by atoms with Crippen molar-refractivity contribution < 1.29 is 20.4 Å². The van der Waals surface area contributed by atoms with Crippen LogP contribution in [-0.4, -0.2) is 20.4 Å². The molecule has 1 fully saturated rings. The number of hydrogen-bond donors (Lipinski definition) is 4. The van der Waals surface area contributed by atoms with Crippen LogP contribution in [0.15, 0.2) is 109 Å². The first-order valence-electron chi connectivity index (χ1n) is 14.7. The van der Waals surface area contributed by atoms with E-state index in [2.05, 4.69) is 31.2 Å². The van der Waals surface area contributed by atoms with Gasteiger partial charge in [0.25, 0.3) is 0 Å². The van der Waals surface area contributed by atoms with Crippen molar-refractivity contribution in [2.75, 3.05) is 0 Å². The van der Waals surface area contributed by atoms with Crippen LogP contribution in [0.1, 0.15) is 66.7 Å². The van der Waals surface area contributed by atoms with E-state index in [1.165, 1.54) is 31.2 Å². The van der Waals surface area contributed by atoms with Gasteiger partial charge in [-0.2, -0.15) is 0 Å². The third-order valence-electron chi connectivity index (χ3n) is 8.84. The van der Waals surface area contributed by atoms with E-state index in [4.69, 9.17) is 0 Å². The highest BCUT2D eigenvalue weighted by atomic mass is 16.3. The molecule has 0 atom stereocenters. The van der Waals surface area contributed by atoms with Gasteiger partial charge in [0.15, 0.2) is 0 Å². The lowest BCUT2D eigenvalue weighted by atomic mass is 9.78. The fourth-order valence-electron chi connectivity index (χ4n) is 6.32. The lowest BCUT2D eigenvalue weighted by Crippen LogP contribution is -2.11. The Bertz CT molecular complexity index is 1570. The van der Waals surface area contributed by atoms with Crippen LogP contribution in [0.2, 0.25) is 0 Å². The van der Waals surface area contributed by atoms with Crippen LogP contribution in [-0.2, 0) is 0 Å². The molecule has 4 nitrogen and oxygen atoms in total. The number of benzene rings is 5. The summed E-state index contributed by atoms with van der Waals surface area (Å²) < 4.78 is 0. The molecule has 5 aromatic rings. The summed E-state index contributed by atoms with van der Waals surface area (Å²) in [5.74, 6) is 1.58. The zero-order valence-electron chi connectivity index (χ0n) is 23.7. The molecule has 0 aromatic heterocycles. The minimum absolute atomic E-state index is 0.141. The van der Waals surface area contributed by atoms with Crippen molar-refractivity contribution in [3.63, 3.8) is 0 Å². The second-order valence-electron chi connectivity index (χ2n) is 11.7. The normalized spacial score (nSPS) is 16.9. The SMILES string of the molecule is CC1CCC(c2ccc(C(c3cc(-c4ccc(O)cc4)ccc3O)c3cc(-c4ccc(O)cc4)ccc3O)cc2)CC1. The summed E-state index contributed by atoms with van der Waals surface area (Å²) in [4.78, 5) is 0. The van der Waals surface area contributed by atoms with Crippen LogP contribution >= 0.6 is 0 Å². The van der Waals surface area contributed by atoms with Gasteiger partial charge in [-0.1, -0.05) is 80.4 Å². The Labute approximate surface area is 247 Å². The molecule has 212 valence electrons. The number of phenols is 4. The minimum atomic E-state index is -0.445. The second-order valence-corrected chi connectivity index (χ2v) is 11.7. The smallest absolute Gasteiger partial charge is 0.119 e. The van der Waals surface area contributed by atoms with Gasteiger partial charge in [0.2, 0.25) is 0 Å². The van der Waals surface area contributed by atoms with Crippen LogP contribution in [0.5, 0.6) is 23.0 Å². The summed E-state index contributed by atoms with van der Waals surface area (Å²) in [6.45, 7) is 2.33. The highest BCUT2D eigenvalue weighted by Gasteiger charge is 2.25. The van der Waals surface area contributed by atoms with Crippen molar-refractivity contribution in [1.82, 2.24) is 0 Å². The average molecular weight is 557 g/mol.